The van der Waals surface area contributed by atoms with E-state index in [4.69, 9.17) is 4.79 Å². The highest BCUT2D eigenvalue weighted by atomic mass is 16.3. The summed E-state index contributed by atoms with van der Waals surface area (Å²) in [5, 5.41) is 7.06. The lowest BCUT2D eigenvalue weighted by atomic mass is 10.1. The highest BCUT2D eigenvalue weighted by Gasteiger charge is 2.06. The monoisotopic (exact) mass is 380 g/mol. The first kappa shape index (κ1) is 26.7. The van der Waals surface area contributed by atoms with Crippen molar-refractivity contribution < 1.29 is 4.79 Å². The summed E-state index contributed by atoms with van der Waals surface area (Å²) in [6.07, 6.45) is 8.00. The fraction of sp³-hybridized carbons (Fsp3) is 0.182. The molecule has 0 radical (unpaired) electrons. The van der Waals surface area contributed by atoms with E-state index < -0.39 is 0 Å². The number of terminal acetylenes is 1. The van der Waals surface area contributed by atoms with Gasteiger partial charge in [-0.2, -0.15) is 10.0 Å². The second-order valence-electron chi connectivity index (χ2n) is 4.95. The lowest BCUT2D eigenvalue weighted by Crippen LogP contribution is -1.94. The van der Waals surface area contributed by atoms with E-state index in [0.29, 0.717) is 5.69 Å². The average Bonchev–Trinajstić information content (AvgIpc) is 3.15. The molecular formula is C22H28N4O2. The van der Waals surface area contributed by atoms with Crippen LogP contribution in [0.5, 0.6) is 0 Å². The molecule has 0 saturated carbocycles. The topological polar surface area (TPSA) is 90.3 Å². The molecule has 3 rings (SSSR count). The van der Waals surface area contributed by atoms with Gasteiger partial charge in [-0.15, -0.1) is 12.8 Å². The number of rotatable bonds is 3. The van der Waals surface area contributed by atoms with Gasteiger partial charge in [0.1, 0.15) is 13.3 Å². The Kier molecular flexibility index (Phi) is 17.4. The number of nitrogens with zero attached hydrogens (tertiary/aromatic N) is 3. The zero-order valence-corrected chi connectivity index (χ0v) is 16.7. The first-order chi connectivity index (χ1) is 13.7. The summed E-state index contributed by atoms with van der Waals surface area (Å²) >= 11 is 0. The van der Waals surface area contributed by atoms with E-state index in [1.165, 1.54) is 12.6 Å². The van der Waals surface area contributed by atoms with Crippen molar-refractivity contribution in [2.24, 2.45) is 18.0 Å². The van der Waals surface area contributed by atoms with Crippen LogP contribution in [0.25, 0.3) is 11.3 Å². The van der Waals surface area contributed by atoms with Gasteiger partial charge in [0, 0.05) is 7.05 Å². The van der Waals surface area contributed by atoms with Crippen molar-refractivity contribution in [1.82, 2.24) is 9.78 Å². The summed E-state index contributed by atoms with van der Waals surface area (Å²) in [6.45, 7) is 4.18. The fourth-order valence-electron chi connectivity index (χ4n) is 2.05. The van der Waals surface area contributed by atoms with Crippen LogP contribution in [0, 0.1) is 24.7 Å². The number of nitroso groups, excluding NO2 is 1. The van der Waals surface area contributed by atoms with Gasteiger partial charge in [-0.05, 0) is 25.6 Å². The molecule has 0 spiro atoms. The Morgan fingerprint density at radius 1 is 1.00 bits per heavy atom. The lowest BCUT2D eigenvalue weighted by molar-refractivity contribution is -0.0979. The Balaban J connectivity index is 0. The van der Waals surface area contributed by atoms with Gasteiger partial charge in [-0.3, -0.25) is 4.68 Å². The van der Waals surface area contributed by atoms with Gasteiger partial charge in [0.2, 0.25) is 0 Å². The number of hydrogen-bond acceptors (Lipinski definition) is 5. The predicted octanol–water partition coefficient (Wildman–Crippen LogP) is 3.99. The van der Waals surface area contributed by atoms with Crippen LogP contribution < -0.4 is 5.73 Å². The summed E-state index contributed by atoms with van der Waals surface area (Å²) in [6, 6.07) is 22.1. The second-order valence-corrected chi connectivity index (χ2v) is 4.95. The van der Waals surface area contributed by atoms with Crippen molar-refractivity contribution in [3.63, 3.8) is 0 Å². The highest BCUT2D eigenvalue weighted by Crippen LogP contribution is 2.20. The first-order valence-corrected chi connectivity index (χ1v) is 8.29. The Hall–Kier alpha value is -3.56. The van der Waals surface area contributed by atoms with E-state index in [9.17, 15) is 4.91 Å². The third-order valence-electron chi connectivity index (χ3n) is 3.17. The number of aryl methyl sites for hydroxylation is 2. The van der Waals surface area contributed by atoms with Crippen molar-refractivity contribution in [1.29, 1.82) is 0 Å². The largest absolute Gasteiger partial charge is 0.333 e. The maximum absolute atomic E-state index is 10.2. The number of nitrogens with two attached hydrogens (primary N) is 1. The molecule has 3 aromatic rings. The molecule has 0 saturated heterocycles. The van der Waals surface area contributed by atoms with Gasteiger partial charge in [-0.25, -0.2) is 0 Å². The lowest BCUT2D eigenvalue weighted by Gasteiger charge is -2.01. The number of aromatic nitrogens is 2. The molecule has 28 heavy (non-hydrogen) atoms. The van der Waals surface area contributed by atoms with Crippen LogP contribution in [-0.2, 0) is 18.4 Å². The van der Waals surface area contributed by atoms with Crippen molar-refractivity contribution in [2.45, 2.75) is 13.5 Å². The molecule has 0 atom stereocenters. The zero-order valence-electron chi connectivity index (χ0n) is 16.7. The standard InChI is InChI=1S/C12H13N3O.C6H6.C2H2.CH5N.CH2O/c1-9-3-5-10(6-4-9)12-7-11(8-13-16)14-15(12)2;1-2-4-6-5-3-1;3*1-2/h3-7H,8H2,1-2H3;1-6H;1-2H;2H2,1H3;1H2. The molecule has 1 heterocycles. The van der Waals surface area contributed by atoms with E-state index in [-0.39, 0.29) is 6.54 Å². The number of benzene rings is 2. The van der Waals surface area contributed by atoms with Crippen LogP contribution in [0.2, 0.25) is 0 Å². The third kappa shape index (κ3) is 10.4. The molecule has 1 aromatic heterocycles. The molecule has 148 valence electrons. The average molecular weight is 380 g/mol. The van der Waals surface area contributed by atoms with Crippen LogP contribution in [0.1, 0.15) is 11.3 Å². The van der Waals surface area contributed by atoms with E-state index in [2.05, 4.69) is 47.9 Å². The minimum absolute atomic E-state index is 0.125. The molecule has 0 unspecified atom stereocenters. The molecular weight excluding hydrogens is 352 g/mol. The fourth-order valence-corrected chi connectivity index (χ4v) is 2.05. The van der Waals surface area contributed by atoms with Crippen LogP contribution in [-0.4, -0.2) is 23.6 Å². The van der Waals surface area contributed by atoms with E-state index in [1.54, 1.807) is 4.68 Å². The maximum Gasteiger partial charge on any atom is 0.125 e. The smallest absolute Gasteiger partial charge is 0.125 e. The van der Waals surface area contributed by atoms with E-state index in [1.807, 2.05) is 68.4 Å². The molecule has 0 aliphatic carbocycles. The molecule has 0 amide bonds. The highest BCUT2D eigenvalue weighted by molar-refractivity contribution is 5.60. The molecule has 6 nitrogen and oxygen atoms in total. The summed E-state index contributed by atoms with van der Waals surface area (Å²) < 4.78 is 1.77. The number of hydrogen-bond donors (Lipinski definition) is 1. The third-order valence-corrected chi connectivity index (χ3v) is 3.17. The van der Waals surface area contributed by atoms with Gasteiger partial charge in [-0.1, -0.05) is 71.4 Å². The Bertz CT molecular complexity index is 740. The van der Waals surface area contributed by atoms with Gasteiger partial charge in [0.05, 0.1) is 11.4 Å². The van der Waals surface area contributed by atoms with Gasteiger partial charge < -0.3 is 10.5 Å². The van der Waals surface area contributed by atoms with Crippen LogP contribution >= 0.6 is 0 Å². The molecule has 0 fully saturated rings. The maximum atomic E-state index is 10.2. The summed E-state index contributed by atoms with van der Waals surface area (Å²) in [5.74, 6) is 0. The Morgan fingerprint density at radius 3 is 1.82 bits per heavy atom. The Labute approximate surface area is 167 Å². The minimum atomic E-state index is 0.125. The molecule has 0 bridgehead atoms. The molecule has 0 aliphatic heterocycles. The number of carbonyl (C=O) groups excluding carboxylic acids is 1. The zero-order chi connectivity index (χ0) is 21.8. The first-order valence-electron chi connectivity index (χ1n) is 8.29. The van der Waals surface area contributed by atoms with Crippen molar-refractivity contribution in [3.8, 4) is 24.1 Å². The van der Waals surface area contributed by atoms with E-state index in [0.717, 1.165) is 11.3 Å². The molecule has 0 aliphatic rings. The van der Waals surface area contributed by atoms with Gasteiger partial charge >= 0.3 is 0 Å². The second kappa shape index (κ2) is 18.2. The quantitative estimate of drug-likeness (QED) is 0.549. The normalized spacial score (nSPS) is 8.07. The molecule has 2 aromatic carbocycles. The van der Waals surface area contributed by atoms with Gasteiger partial charge in [0.15, 0.2) is 0 Å². The van der Waals surface area contributed by atoms with E-state index >= 15 is 0 Å². The van der Waals surface area contributed by atoms with Crippen molar-refractivity contribution >= 4 is 6.79 Å². The van der Waals surface area contributed by atoms with Crippen LogP contribution in [0.15, 0.2) is 71.9 Å². The number of carbonyl (C=O) groups is 1. The Morgan fingerprint density at radius 2 is 1.43 bits per heavy atom. The summed E-state index contributed by atoms with van der Waals surface area (Å²) in [7, 11) is 3.36. The van der Waals surface area contributed by atoms with Crippen molar-refractivity contribution in [3.05, 3.63) is 82.9 Å². The van der Waals surface area contributed by atoms with Gasteiger partial charge in [0.25, 0.3) is 0 Å². The molecule has 2 N–H and O–H groups in total. The van der Waals surface area contributed by atoms with Crippen LogP contribution in [0.3, 0.4) is 0 Å². The minimum Gasteiger partial charge on any atom is -0.333 e. The summed E-state index contributed by atoms with van der Waals surface area (Å²) in [4.78, 5) is 18.2. The van der Waals surface area contributed by atoms with Crippen molar-refractivity contribution in [2.75, 3.05) is 7.05 Å². The molecule has 6 heteroatoms. The predicted molar refractivity (Wildman–Crippen MR) is 116 cm³/mol. The SMILES string of the molecule is C#C.C=O.CN.Cc1ccc(-c2cc(CN=O)nn2C)cc1.c1ccccc1. The van der Waals surface area contributed by atoms with Crippen LogP contribution in [0.4, 0.5) is 0 Å². The summed E-state index contributed by atoms with van der Waals surface area (Å²) in [5.41, 5.74) is 8.52.